The number of carbonyl (C=O) groups excluding carboxylic acids is 2. The molecule has 226 valence electrons. The summed E-state index contributed by atoms with van der Waals surface area (Å²) in [4.78, 5) is 28.6. The van der Waals surface area contributed by atoms with Gasteiger partial charge in [-0.15, -0.1) is 0 Å². The summed E-state index contributed by atoms with van der Waals surface area (Å²) in [6.07, 6.45) is 12.3. The number of hydrogen-bond acceptors (Lipinski definition) is 9. The Morgan fingerprint density at radius 1 is 1.24 bits per heavy atom. The van der Waals surface area contributed by atoms with E-state index in [1.165, 1.54) is 13.2 Å². The van der Waals surface area contributed by atoms with E-state index >= 15 is 0 Å². The number of esters is 1. The van der Waals surface area contributed by atoms with Gasteiger partial charge in [-0.2, -0.15) is 4.98 Å². The smallest absolute Gasteiger partial charge is 0.308 e. The molecule has 1 saturated carbocycles. The zero-order valence-electron chi connectivity index (χ0n) is 25.0. The summed E-state index contributed by atoms with van der Waals surface area (Å²) in [5.74, 6) is 0.712. The van der Waals surface area contributed by atoms with Crippen LogP contribution in [0.4, 0.5) is 0 Å². The molecule has 0 aromatic carbocycles. The molecule has 1 unspecified atom stereocenters. The lowest BCUT2D eigenvalue weighted by Gasteiger charge is -2.39. The van der Waals surface area contributed by atoms with E-state index in [0.29, 0.717) is 18.1 Å². The minimum absolute atomic E-state index is 0.0363. The van der Waals surface area contributed by atoms with E-state index in [1.807, 2.05) is 32.9 Å². The van der Waals surface area contributed by atoms with Gasteiger partial charge in [0.25, 0.3) is 0 Å². The molecule has 10 nitrogen and oxygen atoms in total. The van der Waals surface area contributed by atoms with Gasteiger partial charge in [0, 0.05) is 18.3 Å². The molecule has 8 atom stereocenters. The number of nitrogens with zero attached hydrogens (tertiary/aromatic N) is 2. The summed E-state index contributed by atoms with van der Waals surface area (Å²) in [6, 6.07) is -0.0799. The summed E-state index contributed by atoms with van der Waals surface area (Å²) in [5, 5.41) is 17.9. The third-order valence-electron chi connectivity index (χ3n) is 8.69. The average molecular weight is 572 g/mol. The average Bonchev–Trinajstić information content (AvgIpc) is 3.57. The molecular weight excluding hydrogens is 526 g/mol. The lowest BCUT2D eigenvalue weighted by molar-refractivity contribution is -0.158. The number of amides is 1. The van der Waals surface area contributed by atoms with Crippen LogP contribution in [0.25, 0.3) is 0 Å². The molecule has 3 heterocycles. The van der Waals surface area contributed by atoms with Crippen molar-refractivity contribution in [2.24, 2.45) is 11.3 Å². The summed E-state index contributed by atoms with van der Waals surface area (Å²) in [5.41, 5.74) is 0.911. The number of allylic oxidation sites excluding steroid dienone is 3. The quantitative estimate of drug-likeness (QED) is 0.242. The number of nitrogens with one attached hydrogen (secondary N) is 1. The number of carbonyl (C=O) groups is 2. The Morgan fingerprint density at radius 3 is 2.66 bits per heavy atom. The molecule has 2 saturated heterocycles. The van der Waals surface area contributed by atoms with Crippen molar-refractivity contribution in [3.8, 4) is 0 Å². The molecule has 3 aliphatic rings. The van der Waals surface area contributed by atoms with Crippen molar-refractivity contribution in [3.63, 3.8) is 0 Å². The molecule has 1 spiro atoms. The van der Waals surface area contributed by atoms with Crippen LogP contribution in [0.5, 0.6) is 0 Å². The highest BCUT2D eigenvalue weighted by Gasteiger charge is 2.56. The molecule has 2 aliphatic heterocycles. The van der Waals surface area contributed by atoms with E-state index in [4.69, 9.17) is 18.7 Å². The fraction of sp³-hybridized carbons (Fsp3) is 0.677. The van der Waals surface area contributed by atoms with Gasteiger partial charge in [-0.05, 0) is 57.9 Å². The number of hydrogen-bond donors (Lipinski definition) is 2. The Hall–Kier alpha value is -2.82. The second-order valence-electron chi connectivity index (χ2n) is 12.1. The predicted molar refractivity (Wildman–Crippen MR) is 152 cm³/mol. The van der Waals surface area contributed by atoms with Crippen molar-refractivity contribution in [3.05, 3.63) is 47.7 Å². The van der Waals surface area contributed by atoms with Crippen LogP contribution in [0.3, 0.4) is 0 Å². The maximum atomic E-state index is 12.6. The van der Waals surface area contributed by atoms with Crippen LogP contribution >= 0.6 is 0 Å². The fourth-order valence-corrected chi connectivity index (χ4v) is 5.85. The van der Waals surface area contributed by atoms with Crippen molar-refractivity contribution >= 4 is 11.9 Å². The predicted octanol–water partition coefficient (Wildman–Crippen LogP) is 4.09. The maximum absolute atomic E-state index is 12.6. The van der Waals surface area contributed by atoms with Crippen molar-refractivity contribution < 1.29 is 33.4 Å². The standard InChI is InChI=1S/C31H45N3O7/c1-18(8-11-26-29(37)31(13-14-31)17-23(40-26)16-28(36)38-6)7-10-25-20(3)15-24(21(4)39-25)33-27(35)12-9-19(2)30-32-22(5)41-34-30/h7-9,11-12,19-21,23-26,29,37H,10,13-17H2,1-6H3,(H,33,35)/b11-8+,12-9-,18-7+/t19?,20-,21+,23+,24+,25-,26+,29+/m0/s1. The zero-order valence-corrected chi connectivity index (χ0v) is 25.0. The molecule has 10 heteroatoms. The summed E-state index contributed by atoms with van der Waals surface area (Å²) in [6.45, 7) is 9.81. The number of aryl methyl sites for hydroxylation is 1. The van der Waals surface area contributed by atoms with E-state index in [9.17, 15) is 14.7 Å². The molecule has 2 N–H and O–H groups in total. The Bertz CT molecular complexity index is 1150. The second-order valence-corrected chi connectivity index (χ2v) is 12.1. The van der Waals surface area contributed by atoms with E-state index in [2.05, 4.69) is 28.5 Å². The first kappa shape index (κ1) is 31.1. The zero-order chi connectivity index (χ0) is 29.7. The van der Waals surface area contributed by atoms with Crippen LogP contribution in [0.2, 0.25) is 0 Å². The number of aliphatic hydroxyl groups excluding tert-OH is 1. The molecule has 1 aromatic heterocycles. The van der Waals surface area contributed by atoms with E-state index in [1.54, 1.807) is 13.0 Å². The molecule has 1 aliphatic carbocycles. The molecule has 41 heavy (non-hydrogen) atoms. The van der Waals surface area contributed by atoms with Crippen LogP contribution in [0, 0.1) is 18.3 Å². The maximum Gasteiger partial charge on any atom is 0.308 e. The van der Waals surface area contributed by atoms with Gasteiger partial charge in [0.15, 0.2) is 5.82 Å². The summed E-state index contributed by atoms with van der Waals surface area (Å²) >= 11 is 0. The molecule has 3 fully saturated rings. The van der Waals surface area contributed by atoms with Crippen LogP contribution in [0.1, 0.15) is 83.9 Å². The molecule has 1 amide bonds. The molecular formula is C31H45N3O7. The minimum atomic E-state index is -0.573. The van der Waals surface area contributed by atoms with Crippen molar-refractivity contribution in [1.29, 1.82) is 0 Å². The largest absolute Gasteiger partial charge is 0.469 e. The highest BCUT2D eigenvalue weighted by atomic mass is 16.5. The Morgan fingerprint density at radius 2 is 2.00 bits per heavy atom. The highest BCUT2D eigenvalue weighted by Crippen LogP contribution is 2.56. The minimum Gasteiger partial charge on any atom is -0.469 e. The van der Waals surface area contributed by atoms with Crippen LogP contribution in [0.15, 0.2) is 40.5 Å². The van der Waals surface area contributed by atoms with Gasteiger partial charge in [0.1, 0.15) is 6.10 Å². The Kier molecular flexibility index (Phi) is 10.2. The number of ether oxygens (including phenoxy) is 3. The van der Waals surface area contributed by atoms with Crippen molar-refractivity contribution in [2.45, 2.75) is 116 Å². The van der Waals surface area contributed by atoms with Gasteiger partial charge in [-0.3, -0.25) is 9.59 Å². The van der Waals surface area contributed by atoms with Gasteiger partial charge in [-0.25, -0.2) is 0 Å². The lowest BCUT2D eigenvalue weighted by Crippen LogP contribution is -2.50. The van der Waals surface area contributed by atoms with Gasteiger partial charge in [0.2, 0.25) is 11.8 Å². The summed E-state index contributed by atoms with van der Waals surface area (Å²) < 4.78 is 22.2. The summed E-state index contributed by atoms with van der Waals surface area (Å²) in [7, 11) is 1.38. The first-order valence-corrected chi connectivity index (χ1v) is 14.7. The first-order chi connectivity index (χ1) is 19.5. The van der Waals surface area contributed by atoms with Crippen molar-refractivity contribution in [2.75, 3.05) is 7.11 Å². The van der Waals surface area contributed by atoms with Crippen LogP contribution < -0.4 is 5.32 Å². The Balaban J connectivity index is 1.26. The first-order valence-electron chi connectivity index (χ1n) is 14.7. The van der Waals surface area contributed by atoms with Gasteiger partial charge >= 0.3 is 5.97 Å². The number of methoxy groups -OCH3 is 1. The van der Waals surface area contributed by atoms with Gasteiger partial charge < -0.3 is 29.2 Å². The fourth-order valence-electron chi connectivity index (χ4n) is 5.85. The molecule has 1 aromatic rings. The topological polar surface area (TPSA) is 133 Å². The number of rotatable bonds is 10. The lowest BCUT2D eigenvalue weighted by atomic mass is 9.84. The molecule has 4 rings (SSSR count). The van der Waals surface area contributed by atoms with E-state index in [-0.39, 0.29) is 59.9 Å². The second kappa shape index (κ2) is 13.4. The van der Waals surface area contributed by atoms with Crippen LogP contribution in [-0.2, 0) is 23.8 Å². The highest BCUT2D eigenvalue weighted by molar-refractivity contribution is 5.87. The molecule has 0 bridgehead atoms. The molecule has 0 radical (unpaired) electrons. The number of aromatic nitrogens is 2. The van der Waals surface area contributed by atoms with E-state index in [0.717, 1.165) is 31.3 Å². The van der Waals surface area contributed by atoms with E-state index < -0.39 is 12.2 Å². The van der Waals surface area contributed by atoms with Crippen molar-refractivity contribution in [1.82, 2.24) is 15.5 Å². The van der Waals surface area contributed by atoms with Crippen LogP contribution in [-0.4, -0.2) is 70.8 Å². The Labute approximate surface area is 242 Å². The SMILES string of the molecule is COC(=O)C[C@@H]1CC2(CC2)[C@H](O)[C@@H](/C=C/C(C)=C/C[C@@H]2O[C@H](C)[C@H](NC(=O)/C=C\C(C)c3noc(C)n3)C[C@@H]2C)O1. The third kappa shape index (κ3) is 8.14. The van der Waals surface area contributed by atoms with Gasteiger partial charge in [0.05, 0.1) is 44.0 Å². The van der Waals surface area contributed by atoms with Gasteiger partial charge in [-0.1, -0.05) is 48.9 Å². The monoisotopic (exact) mass is 571 g/mol. The third-order valence-corrected chi connectivity index (χ3v) is 8.69. The number of aliphatic hydroxyl groups is 1. The normalized spacial score (nSPS) is 32.4.